The molecular weight excluding hydrogens is 382 g/mol. The van der Waals surface area contributed by atoms with E-state index < -0.39 is 29.3 Å². The number of nitrogens with one attached hydrogen (secondary N) is 1. The molecule has 1 N–H and O–H groups in total. The average Bonchev–Trinajstić information content (AvgIpc) is 3.29. The van der Waals surface area contributed by atoms with Gasteiger partial charge in [-0.1, -0.05) is 16.4 Å². The van der Waals surface area contributed by atoms with Crippen molar-refractivity contribution >= 4 is 0 Å². The van der Waals surface area contributed by atoms with E-state index in [4.69, 9.17) is 4.52 Å². The first-order valence-corrected chi connectivity index (χ1v) is 8.38. The second-order valence-electron chi connectivity index (χ2n) is 6.33. The first kappa shape index (κ1) is 18.5. The molecule has 0 aliphatic carbocycles. The van der Waals surface area contributed by atoms with Crippen LogP contribution in [0.5, 0.6) is 0 Å². The molecule has 1 unspecified atom stereocenters. The highest BCUT2D eigenvalue weighted by molar-refractivity contribution is 5.53. The van der Waals surface area contributed by atoms with Gasteiger partial charge in [0, 0.05) is 19.6 Å². The molecule has 2 aromatic heterocycles. The largest absolute Gasteiger partial charge is 0.435 e. The van der Waals surface area contributed by atoms with Crippen molar-refractivity contribution in [3.63, 3.8) is 0 Å². The molecule has 0 radical (unpaired) electrons. The molecule has 3 aromatic rings. The van der Waals surface area contributed by atoms with Gasteiger partial charge in [-0.3, -0.25) is 4.90 Å². The van der Waals surface area contributed by atoms with Gasteiger partial charge in [-0.25, -0.2) is 9.07 Å². The molecule has 1 aromatic carbocycles. The second-order valence-corrected chi connectivity index (χ2v) is 6.33. The monoisotopic (exact) mass is 397 g/mol. The van der Waals surface area contributed by atoms with Crippen LogP contribution in [0.15, 0.2) is 28.8 Å². The van der Waals surface area contributed by atoms with E-state index in [1.165, 1.54) is 12.1 Å². The van der Waals surface area contributed by atoms with Gasteiger partial charge < -0.3 is 9.84 Å². The number of nitrogens with zero attached hydrogens (tertiary/aromatic N) is 6. The highest BCUT2D eigenvalue weighted by Crippen LogP contribution is 2.37. The number of rotatable bonds is 3. The molecule has 148 valence electrons. The lowest BCUT2D eigenvalue weighted by Gasteiger charge is -2.30. The number of benzene rings is 1. The van der Waals surface area contributed by atoms with Gasteiger partial charge in [0.2, 0.25) is 0 Å². The quantitative estimate of drug-likeness (QED) is 0.677. The Kier molecular flexibility index (Phi) is 4.59. The smallest absolute Gasteiger partial charge is 0.332 e. The van der Waals surface area contributed by atoms with E-state index in [0.29, 0.717) is 11.2 Å². The Morgan fingerprint density at radius 2 is 2.11 bits per heavy atom. The number of alkyl halides is 3. The third-order valence-electron chi connectivity index (χ3n) is 4.44. The van der Waals surface area contributed by atoms with Crippen LogP contribution < -0.4 is 5.32 Å². The van der Waals surface area contributed by atoms with Crippen molar-refractivity contribution in [2.75, 3.05) is 26.7 Å². The minimum Gasteiger partial charge on any atom is -0.332 e. The fraction of sp³-hybridized carbons (Fsp3) is 0.375. The number of hydrogen-bond acceptors (Lipinski definition) is 7. The van der Waals surface area contributed by atoms with Gasteiger partial charge in [0.1, 0.15) is 5.82 Å². The minimum absolute atomic E-state index is 0.123. The summed E-state index contributed by atoms with van der Waals surface area (Å²) in [5, 5.41) is 14.1. The zero-order valence-corrected chi connectivity index (χ0v) is 14.6. The SMILES string of the molecule is CN1CCNCC1c1noc(-c2nnn(-c3cccc(F)c3)c2C(F)(F)F)n1. The molecule has 0 saturated carbocycles. The molecule has 1 atom stereocenters. The maximum absolute atomic E-state index is 13.7. The number of piperazine rings is 1. The van der Waals surface area contributed by atoms with Crippen molar-refractivity contribution in [1.29, 1.82) is 0 Å². The summed E-state index contributed by atoms with van der Waals surface area (Å²) in [6.07, 6.45) is -4.83. The number of hydrogen-bond donors (Lipinski definition) is 1. The highest BCUT2D eigenvalue weighted by Gasteiger charge is 2.42. The average molecular weight is 397 g/mol. The van der Waals surface area contributed by atoms with Gasteiger partial charge in [0.25, 0.3) is 5.89 Å². The van der Waals surface area contributed by atoms with Gasteiger partial charge in [-0.15, -0.1) is 5.10 Å². The molecule has 0 spiro atoms. The van der Waals surface area contributed by atoms with E-state index in [0.717, 1.165) is 25.2 Å². The third-order valence-corrected chi connectivity index (χ3v) is 4.44. The van der Waals surface area contributed by atoms with E-state index in [1.807, 2.05) is 11.9 Å². The zero-order chi connectivity index (χ0) is 19.9. The third kappa shape index (κ3) is 3.36. The number of likely N-dealkylation sites (N-methyl/N-ethyl adjacent to an activating group) is 1. The first-order chi connectivity index (χ1) is 13.3. The molecule has 1 aliphatic heterocycles. The summed E-state index contributed by atoms with van der Waals surface area (Å²) in [6.45, 7) is 2.06. The molecule has 1 aliphatic rings. The van der Waals surface area contributed by atoms with Crippen LogP contribution in [0.2, 0.25) is 0 Å². The number of halogens is 4. The Bertz CT molecular complexity index is 984. The van der Waals surface area contributed by atoms with E-state index in [9.17, 15) is 17.6 Å². The van der Waals surface area contributed by atoms with Crippen LogP contribution in [-0.4, -0.2) is 56.7 Å². The number of aromatic nitrogens is 5. The Hall–Kier alpha value is -2.86. The van der Waals surface area contributed by atoms with Crippen molar-refractivity contribution in [3.8, 4) is 17.3 Å². The normalized spacial score (nSPS) is 18.5. The lowest BCUT2D eigenvalue weighted by atomic mass is 10.2. The maximum atomic E-state index is 13.7. The van der Waals surface area contributed by atoms with E-state index in [-0.39, 0.29) is 17.6 Å². The molecule has 1 fully saturated rings. The van der Waals surface area contributed by atoms with Crippen LogP contribution in [0.4, 0.5) is 17.6 Å². The second kappa shape index (κ2) is 6.95. The van der Waals surface area contributed by atoms with Gasteiger partial charge in [-0.2, -0.15) is 18.2 Å². The predicted octanol–water partition coefficient (Wildman–Crippen LogP) is 2.05. The van der Waals surface area contributed by atoms with Crippen LogP contribution >= 0.6 is 0 Å². The molecule has 8 nitrogen and oxygen atoms in total. The summed E-state index contributed by atoms with van der Waals surface area (Å²) >= 11 is 0. The lowest BCUT2D eigenvalue weighted by Crippen LogP contribution is -2.44. The van der Waals surface area contributed by atoms with Crippen LogP contribution in [0, 0.1) is 5.82 Å². The standard InChI is InChI=1S/C16H15F4N7O/c1-26-6-5-21-8-11(26)14-22-15(28-24-14)12-13(16(18,19)20)27(25-23-12)10-4-2-3-9(17)7-10/h2-4,7,11,21H,5-6,8H2,1H3. The maximum Gasteiger partial charge on any atom is 0.435 e. The Morgan fingerprint density at radius 3 is 2.82 bits per heavy atom. The van der Waals surface area contributed by atoms with Crippen LogP contribution in [0.3, 0.4) is 0 Å². The van der Waals surface area contributed by atoms with Crippen molar-refractivity contribution < 1.29 is 22.1 Å². The predicted molar refractivity (Wildman–Crippen MR) is 87.9 cm³/mol. The summed E-state index contributed by atoms with van der Waals surface area (Å²) in [5.74, 6) is -0.849. The molecular formula is C16H15F4N7O. The molecule has 0 amide bonds. The Labute approximate surface area is 156 Å². The van der Waals surface area contributed by atoms with Crippen LogP contribution in [0.25, 0.3) is 17.3 Å². The van der Waals surface area contributed by atoms with E-state index in [1.54, 1.807) is 0 Å². The summed E-state index contributed by atoms with van der Waals surface area (Å²) in [7, 11) is 1.86. The summed E-state index contributed by atoms with van der Waals surface area (Å²) in [4.78, 5) is 6.08. The first-order valence-electron chi connectivity index (χ1n) is 8.38. The van der Waals surface area contributed by atoms with Gasteiger partial charge in [0.05, 0.1) is 11.7 Å². The highest BCUT2D eigenvalue weighted by atomic mass is 19.4. The molecule has 28 heavy (non-hydrogen) atoms. The van der Waals surface area contributed by atoms with Gasteiger partial charge >= 0.3 is 6.18 Å². The van der Waals surface area contributed by atoms with Gasteiger partial charge in [-0.05, 0) is 25.2 Å². The topological polar surface area (TPSA) is 84.9 Å². The minimum atomic E-state index is -4.83. The molecule has 1 saturated heterocycles. The van der Waals surface area contributed by atoms with Crippen molar-refractivity contribution in [2.24, 2.45) is 0 Å². The fourth-order valence-electron chi connectivity index (χ4n) is 3.03. The van der Waals surface area contributed by atoms with Crippen LogP contribution in [0.1, 0.15) is 17.6 Å². The van der Waals surface area contributed by atoms with Crippen molar-refractivity contribution in [1.82, 2.24) is 35.4 Å². The van der Waals surface area contributed by atoms with Crippen LogP contribution in [-0.2, 0) is 6.18 Å². The molecule has 0 bridgehead atoms. The van der Waals surface area contributed by atoms with Crippen molar-refractivity contribution in [3.05, 3.63) is 41.6 Å². The zero-order valence-electron chi connectivity index (χ0n) is 14.6. The Balaban J connectivity index is 1.77. The van der Waals surface area contributed by atoms with E-state index in [2.05, 4.69) is 25.8 Å². The lowest BCUT2D eigenvalue weighted by molar-refractivity contribution is -0.142. The summed E-state index contributed by atoms with van der Waals surface area (Å²) in [6, 6.07) is 4.38. The summed E-state index contributed by atoms with van der Waals surface area (Å²) < 4.78 is 60.2. The van der Waals surface area contributed by atoms with E-state index >= 15 is 0 Å². The van der Waals surface area contributed by atoms with Crippen molar-refractivity contribution in [2.45, 2.75) is 12.2 Å². The molecule has 12 heteroatoms. The fourth-order valence-corrected chi connectivity index (χ4v) is 3.03. The summed E-state index contributed by atoms with van der Waals surface area (Å²) in [5.41, 5.74) is -1.95. The Morgan fingerprint density at radius 1 is 1.29 bits per heavy atom. The molecule has 4 rings (SSSR count). The molecule has 3 heterocycles. The van der Waals surface area contributed by atoms with Gasteiger partial charge in [0.15, 0.2) is 17.2 Å².